The Bertz CT molecular complexity index is 260. The molecule has 16 heavy (non-hydrogen) atoms. The van der Waals surface area contributed by atoms with Crippen LogP contribution in [-0.4, -0.2) is 47.1 Å². The van der Waals surface area contributed by atoms with Crippen molar-refractivity contribution in [2.75, 3.05) is 13.1 Å². The van der Waals surface area contributed by atoms with Gasteiger partial charge in [0.1, 0.15) is 0 Å². The number of carboxylic acid groups (broad SMARTS) is 1. The van der Waals surface area contributed by atoms with Crippen LogP contribution in [-0.2, 0) is 9.59 Å². The molecular weight excluding hydrogens is 208 g/mol. The monoisotopic (exact) mass is 228 g/mol. The standard InChI is InChI=1S/C11H20N2O3/c1-8(2)13(7-5-10(14)15)11(16)9-4-3-6-12-9/h8-9,12H,3-7H2,1-2H3,(H,14,15)/t9-/m0/s1. The molecule has 0 aromatic rings. The van der Waals surface area contributed by atoms with Crippen molar-refractivity contribution in [1.82, 2.24) is 10.2 Å². The first-order chi connectivity index (χ1) is 7.52. The van der Waals surface area contributed by atoms with Gasteiger partial charge in [-0.2, -0.15) is 0 Å². The summed E-state index contributed by atoms with van der Waals surface area (Å²) in [5.41, 5.74) is 0. The molecule has 0 saturated carbocycles. The normalized spacial score (nSPS) is 20.1. The zero-order valence-electron chi connectivity index (χ0n) is 9.90. The van der Waals surface area contributed by atoms with E-state index in [1.807, 2.05) is 13.8 Å². The summed E-state index contributed by atoms with van der Waals surface area (Å²) in [6.07, 6.45) is 1.88. The van der Waals surface area contributed by atoms with Gasteiger partial charge in [-0.1, -0.05) is 0 Å². The molecule has 0 spiro atoms. The Morgan fingerprint density at radius 3 is 2.62 bits per heavy atom. The minimum atomic E-state index is -0.863. The maximum absolute atomic E-state index is 12.1. The third-order valence-electron chi connectivity index (χ3n) is 2.83. The van der Waals surface area contributed by atoms with E-state index in [2.05, 4.69) is 5.32 Å². The van der Waals surface area contributed by atoms with Gasteiger partial charge in [0.15, 0.2) is 0 Å². The predicted molar refractivity (Wildman–Crippen MR) is 60.1 cm³/mol. The van der Waals surface area contributed by atoms with E-state index in [9.17, 15) is 9.59 Å². The van der Waals surface area contributed by atoms with Crippen molar-refractivity contribution in [2.45, 2.75) is 45.2 Å². The number of hydrogen-bond donors (Lipinski definition) is 2. The van der Waals surface area contributed by atoms with E-state index >= 15 is 0 Å². The summed E-state index contributed by atoms with van der Waals surface area (Å²) < 4.78 is 0. The van der Waals surface area contributed by atoms with Crippen molar-refractivity contribution in [1.29, 1.82) is 0 Å². The molecule has 5 heteroatoms. The lowest BCUT2D eigenvalue weighted by atomic mass is 10.1. The average molecular weight is 228 g/mol. The molecule has 0 aliphatic carbocycles. The average Bonchev–Trinajstić information content (AvgIpc) is 2.69. The molecular formula is C11H20N2O3. The van der Waals surface area contributed by atoms with Gasteiger partial charge >= 0.3 is 5.97 Å². The van der Waals surface area contributed by atoms with E-state index < -0.39 is 5.97 Å². The Morgan fingerprint density at radius 1 is 1.50 bits per heavy atom. The van der Waals surface area contributed by atoms with Crippen molar-refractivity contribution in [3.05, 3.63) is 0 Å². The van der Waals surface area contributed by atoms with E-state index in [1.54, 1.807) is 4.90 Å². The van der Waals surface area contributed by atoms with E-state index in [1.165, 1.54) is 0 Å². The molecule has 1 heterocycles. The van der Waals surface area contributed by atoms with Crippen LogP contribution >= 0.6 is 0 Å². The van der Waals surface area contributed by atoms with E-state index in [0.717, 1.165) is 19.4 Å². The van der Waals surface area contributed by atoms with E-state index in [4.69, 9.17) is 5.11 Å². The fraction of sp³-hybridized carbons (Fsp3) is 0.818. The molecule has 1 rings (SSSR count). The largest absolute Gasteiger partial charge is 0.481 e. The summed E-state index contributed by atoms with van der Waals surface area (Å²) in [6.45, 7) is 4.99. The maximum Gasteiger partial charge on any atom is 0.305 e. The number of nitrogens with zero attached hydrogens (tertiary/aromatic N) is 1. The Hall–Kier alpha value is -1.10. The smallest absolute Gasteiger partial charge is 0.305 e. The second kappa shape index (κ2) is 5.84. The first-order valence-corrected chi connectivity index (χ1v) is 5.78. The van der Waals surface area contributed by atoms with Gasteiger partial charge in [-0.25, -0.2) is 0 Å². The number of carbonyl (C=O) groups is 2. The van der Waals surface area contributed by atoms with Crippen LogP contribution in [0.5, 0.6) is 0 Å². The Kier molecular flexibility index (Phi) is 4.73. The number of aliphatic carboxylic acids is 1. The van der Waals surface area contributed by atoms with Crippen LogP contribution in [0.15, 0.2) is 0 Å². The number of rotatable bonds is 5. The van der Waals surface area contributed by atoms with Crippen LogP contribution in [0.2, 0.25) is 0 Å². The Morgan fingerprint density at radius 2 is 2.19 bits per heavy atom. The van der Waals surface area contributed by atoms with Crippen LogP contribution < -0.4 is 5.32 Å². The van der Waals surface area contributed by atoms with Crippen LogP contribution in [0.4, 0.5) is 0 Å². The van der Waals surface area contributed by atoms with Crippen molar-refractivity contribution >= 4 is 11.9 Å². The van der Waals surface area contributed by atoms with Crippen LogP contribution in [0.1, 0.15) is 33.1 Å². The molecule has 1 amide bonds. The van der Waals surface area contributed by atoms with Crippen molar-refractivity contribution in [3.8, 4) is 0 Å². The fourth-order valence-electron chi connectivity index (χ4n) is 1.93. The zero-order chi connectivity index (χ0) is 12.1. The summed E-state index contributed by atoms with van der Waals surface area (Å²) >= 11 is 0. The van der Waals surface area contributed by atoms with Gasteiger partial charge in [0.05, 0.1) is 12.5 Å². The number of nitrogens with one attached hydrogen (secondary N) is 1. The fourth-order valence-corrected chi connectivity index (χ4v) is 1.93. The summed E-state index contributed by atoms with van der Waals surface area (Å²) in [5, 5.41) is 11.8. The number of amides is 1. The van der Waals surface area contributed by atoms with Gasteiger partial charge < -0.3 is 15.3 Å². The highest BCUT2D eigenvalue weighted by molar-refractivity contribution is 5.82. The highest BCUT2D eigenvalue weighted by Gasteiger charge is 2.28. The second-order valence-corrected chi connectivity index (χ2v) is 4.42. The number of carboxylic acids is 1. The molecule has 0 radical (unpaired) electrons. The van der Waals surface area contributed by atoms with Crippen molar-refractivity contribution < 1.29 is 14.7 Å². The molecule has 1 atom stereocenters. The topological polar surface area (TPSA) is 69.6 Å². The third kappa shape index (κ3) is 3.48. The molecule has 5 nitrogen and oxygen atoms in total. The minimum absolute atomic E-state index is 0.0106. The van der Waals surface area contributed by atoms with Crippen LogP contribution in [0, 0.1) is 0 Å². The second-order valence-electron chi connectivity index (χ2n) is 4.42. The van der Waals surface area contributed by atoms with Crippen molar-refractivity contribution in [3.63, 3.8) is 0 Å². The molecule has 1 saturated heterocycles. The highest BCUT2D eigenvalue weighted by Crippen LogP contribution is 2.11. The first kappa shape index (κ1) is 13.0. The van der Waals surface area contributed by atoms with Gasteiger partial charge in [-0.15, -0.1) is 0 Å². The molecule has 0 aromatic heterocycles. The predicted octanol–water partition coefficient (Wildman–Crippen LogP) is 0.450. The quantitative estimate of drug-likeness (QED) is 0.717. The van der Waals surface area contributed by atoms with E-state index in [0.29, 0.717) is 6.54 Å². The molecule has 1 fully saturated rings. The van der Waals surface area contributed by atoms with Gasteiger partial charge in [0, 0.05) is 12.6 Å². The number of hydrogen-bond acceptors (Lipinski definition) is 3. The Balaban J connectivity index is 2.54. The molecule has 0 aromatic carbocycles. The zero-order valence-corrected chi connectivity index (χ0v) is 9.90. The van der Waals surface area contributed by atoms with Crippen LogP contribution in [0.3, 0.4) is 0 Å². The minimum Gasteiger partial charge on any atom is -0.481 e. The highest BCUT2D eigenvalue weighted by atomic mass is 16.4. The summed E-state index contributed by atoms with van der Waals surface area (Å²) in [4.78, 5) is 24.2. The molecule has 1 aliphatic heterocycles. The maximum atomic E-state index is 12.1. The number of carbonyl (C=O) groups excluding carboxylic acids is 1. The lowest BCUT2D eigenvalue weighted by Gasteiger charge is -2.28. The SMILES string of the molecule is CC(C)N(CCC(=O)O)C(=O)[C@@H]1CCCN1. The van der Waals surface area contributed by atoms with Crippen LogP contribution in [0.25, 0.3) is 0 Å². The molecule has 0 unspecified atom stereocenters. The lowest BCUT2D eigenvalue weighted by Crippen LogP contribution is -2.47. The lowest BCUT2D eigenvalue weighted by molar-refractivity contribution is -0.139. The third-order valence-corrected chi connectivity index (χ3v) is 2.83. The molecule has 0 bridgehead atoms. The first-order valence-electron chi connectivity index (χ1n) is 5.78. The summed E-state index contributed by atoms with van der Waals surface area (Å²) in [5.74, 6) is -0.827. The van der Waals surface area contributed by atoms with Crippen molar-refractivity contribution in [2.24, 2.45) is 0 Å². The summed E-state index contributed by atoms with van der Waals surface area (Å²) in [7, 11) is 0. The van der Waals surface area contributed by atoms with Gasteiger partial charge in [-0.05, 0) is 33.2 Å². The van der Waals surface area contributed by atoms with Gasteiger partial charge in [0.2, 0.25) is 5.91 Å². The Labute approximate surface area is 95.8 Å². The molecule has 1 aliphatic rings. The molecule has 92 valence electrons. The van der Waals surface area contributed by atoms with Gasteiger partial charge in [0.25, 0.3) is 0 Å². The summed E-state index contributed by atoms with van der Waals surface area (Å²) in [6, 6.07) is -0.0644. The van der Waals surface area contributed by atoms with Gasteiger partial charge in [-0.3, -0.25) is 9.59 Å². The van der Waals surface area contributed by atoms with E-state index in [-0.39, 0.29) is 24.4 Å². The molecule has 2 N–H and O–H groups in total.